The highest BCUT2D eigenvalue weighted by Gasteiger charge is 2.46. The highest BCUT2D eigenvalue weighted by molar-refractivity contribution is 5.90. The van der Waals surface area contributed by atoms with Gasteiger partial charge in [0.25, 0.3) is 0 Å². The Hall–Kier alpha value is -2.28. The molecule has 11 heteroatoms. The van der Waals surface area contributed by atoms with Crippen LogP contribution in [0.25, 0.3) is 0 Å². The molecule has 1 fully saturated rings. The van der Waals surface area contributed by atoms with E-state index in [1.807, 2.05) is 6.92 Å². The van der Waals surface area contributed by atoms with Crippen molar-refractivity contribution in [3.05, 3.63) is 35.6 Å². The molecule has 0 aliphatic carbocycles. The van der Waals surface area contributed by atoms with Gasteiger partial charge in [-0.05, 0) is 13.8 Å². The van der Waals surface area contributed by atoms with Gasteiger partial charge in [-0.2, -0.15) is 0 Å². The van der Waals surface area contributed by atoms with E-state index in [2.05, 4.69) is 6.58 Å². The largest absolute Gasteiger partial charge is 0.468 e. The lowest BCUT2D eigenvalue weighted by Gasteiger charge is -2.41. The van der Waals surface area contributed by atoms with Crippen LogP contribution in [0.5, 0.6) is 0 Å². The molecular formula is C22H32O11. The smallest absolute Gasteiger partial charge is 0.337 e. The first-order valence-corrected chi connectivity index (χ1v) is 10.5. The first kappa shape index (κ1) is 27.0. The van der Waals surface area contributed by atoms with E-state index in [1.165, 1.54) is 7.11 Å². The van der Waals surface area contributed by atoms with Crippen LogP contribution in [0.3, 0.4) is 0 Å². The molecule has 0 amide bonds. The number of rotatable bonds is 9. The first-order valence-electron chi connectivity index (χ1n) is 10.5. The Morgan fingerprint density at radius 1 is 1.21 bits per heavy atom. The average Bonchev–Trinajstić information content (AvgIpc) is 2.78. The van der Waals surface area contributed by atoms with E-state index in [-0.39, 0.29) is 18.6 Å². The molecule has 2 aliphatic heterocycles. The third-order valence-corrected chi connectivity index (χ3v) is 5.39. The molecule has 1 saturated heterocycles. The maximum Gasteiger partial charge on any atom is 0.337 e. The molecule has 0 aromatic rings. The number of carbonyl (C=O) groups is 2. The SMILES string of the molecule is C=C(C)CCOC(=O)C[C@@H]1C(C(=O)OC)=CO[C@@H](O[C@@H]2O[C@H](CO)[C@@H](O)[C@H](O)[C@H]2O)/C1=C/C. The van der Waals surface area contributed by atoms with Crippen LogP contribution in [0.4, 0.5) is 0 Å². The van der Waals surface area contributed by atoms with Crippen molar-refractivity contribution in [1.82, 2.24) is 0 Å². The van der Waals surface area contributed by atoms with Crippen molar-refractivity contribution in [1.29, 1.82) is 0 Å². The van der Waals surface area contributed by atoms with E-state index < -0.39 is 61.5 Å². The lowest BCUT2D eigenvalue weighted by Crippen LogP contribution is -2.60. The molecule has 2 heterocycles. The summed E-state index contributed by atoms with van der Waals surface area (Å²) in [7, 11) is 1.19. The average molecular weight is 472 g/mol. The van der Waals surface area contributed by atoms with Gasteiger partial charge in [-0.1, -0.05) is 11.6 Å². The molecule has 2 rings (SSSR count). The van der Waals surface area contributed by atoms with Crippen LogP contribution in [0.15, 0.2) is 35.6 Å². The van der Waals surface area contributed by atoms with Gasteiger partial charge >= 0.3 is 11.9 Å². The fourth-order valence-electron chi connectivity index (χ4n) is 3.49. The summed E-state index contributed by atoms with van der Waals surface area (Å²) in [4.78, 5) is 24.7. The lowest BCUT2D eigenvalue weighted by atomic mass is 9.86. The summed E-state index contributed by atoms with van der Waals surface area (Å²) in [5, 5.41) is 39.5. The Morgan fingerprint density at radius 3 is 2.48 bits per heavy atom. The first-order chi connectivity index (χ1) is 15.6. The van der Waals surface area contributed by atoms with Crippen LogP contribution in [-0.4, -0.2) is 89.7 Å². The zero-order chi connectivity index (χ0) is 24.7. The third kappa shape index (κ3) is 6.62. The molecular weight excluding hydrogens is 440 g/mol. The second-order valence-corrected chi connectivity index (χ2v) is 7.84. The van der Waals surface area contributed by atoms with E-state index >= 15 is 0 Å². The fourth-order valence-corrected chi connectivity index (χ4v) is 3.49. The van der Waals surface area contributed by atoms with Gasteiger partial charge < -0.3 is 44.1 Å². The van der Waals surface area contributed by atoms with Crippen molar-refractivity contribution >= 4 is 11.9 Å². The second kappa shape index (κ2) is 12.3. The number of carbonyl (C=O) groups excluding carboxylic acids is 2. The summed E-state index contributed by atoms with van der Waals surface area (Å²) in [5.74, 6) is -2.09. The van der Waals surface area contributed by atoms with Gasteiger partial charge in [0.05, 0.1) is 38.6 Å². The van der Waals surface area contributed by atoms with E-state index in [0.29, 0.717) is 12.0 Å². The lowest BCUT2D eigenvalue weighted by molar-refractivity contribution is -0.327. The Bertz CT molecular complexity index is 772. The molecule has 0 unspecified atom stereocenters. The maximum atomic E-state index is 12.4. The van der Waals surface area contributed by atoms with Crippen molar-refractivity contribution in [3.63, 3.8) is 0 Å². The van der Waals surface area contributed by atoms with Crippen LogP contribution in [0.2, 0.25) is 0 Å². The van der Waals surface area contributed by atoms with Gasteiger partial charge in [0.1, 0.15) is 24.4 Å². The second-order valence-electron chi connectivity index (χ2n) is 7.84. The van der Waals surface area contributed by atoms with E-state index in [1.54, 1.807) is 13.0 Å². The summed E-state index contributed by atoms with van der Waals surface area (Å²) in [5.41, 5.74) is 1.27. The number of aliphatic hydroxyl groups is 4. The topological polar surface area (TPSA) is 161 Å². The van der Waals surface area contributed by atoms with E-state index in [0.717, 1.165) is 11.8 Å². The van der Waals surface area contributed by atoms with E-state index in [9.17, 15) is 30.0 Å². The normalized spacial score (nSPS) is 33.1. The van der Waals surface area contributed by atoms with Gasteiger partial charge in [-0.25, -0.2) is 4.79 Å². The fraction of sp³-hybridized carbons (Fsp3) is 0.636. The minimum absolute atomic E-state index is 0.0658. The molecule has 7 atom stereocenters. The third-order valence-electron chi connectivity index (χ3n) is 5.39. The van der Waals surface area contributed by atoms with Crippen LogP contribution in [0, 0.1) is 5.92 Å². The van der Waals surface area contributed by atoms with Crippen molar-refractivity contribution < 1.29 is 53.7 Å². The van der Waals surface area contributed by atoms with Crippen molar-refractivity contribution in [3.8, 4) is 0 Å². The summed E-state index contributed by atoms with van der Waals surface area (Å²) in [6.45, 7) is 6.71. The summed E-state index contributed by atoms with van der Waals surface area (Å²) in [6.07, 6.45) is -5.74. The van der Waals surface area contributed by atoms with Crippen LogP contribution < -0.4 is 0 Å². The predicted octanol–water partition coefficient (Wildman–Crippen LogP) is -0.322. The summed E-state index contributed by atoms with van der Waals surface area (Å²) in [6, 6.07) is 0. The monoisotopic (exact) mass is 472 g/mol. The molecule has 0 saturated carbocycles. The number of hydrogen-bond donors (Lipinski definition) is 4. The van der Waals surface area contributed by atoms with Crippen LogP contribution in [-0.2, 0) is 33.3 Å². The van der Waals surface area contributed by atoms with Crippen LogP contribution >= 0.6 is 0 Å². The van der Waals surface area contributed by atoms with Gasteiger partial charge in [0.2, 0.25) is 6.29 Å². The summed E-state index contributed by atoms with van der Waals surface area (Å²) < 4.78 is 26.6. The number of aliphatic hydroxyl groups excluding tert-OH is 4. The van der Waals surface area contributed by atoms with Crippen molar-refractivity contribution in [2.24, 2.45) is 5.92 Å². The number of ether oxygens (including phenoxy) is 5. The number of hydrogen-bond acceptors (Lipinski definition) is 11. The highest BCUT2D eigenvalue weighted by atomic mass is 16.8. The number of allylic oxidation sites excluding steroid dienone is 1. The van der Waals surface area contributed by atoms with E-state index in [4.69, 9.17) is 23.7 Å². The Kier molecular flexibility index (Phi) is 10.0. The van der Waals surface area contributed by atoms with Gasteiger partial charge in [-0.3, -0.25) is 4.79 Å². The molecule has 0 aromatic carbocycles. The highest BCUT2D eigenvalue weighted by Crippen LogP contribution is 2.36. The van der Waals surface area contributed by atoms with Crippen molar-refractivity contribution in [2.45, 2.75) is 63.7 Å². The number of methoxy groups -OCH3 is 1. The van der Waals surface area contributed by atoms with Crippen LogP contribution in [0.1, 0.15) is 26.7 Å². The molecule has 2 aliphatic rings. The molecule has 4 N–H and O–H groups in total. The summed E-state index contributed by atoms with van der Waals surface area (Å²) >= 11 is 0. The quantitative estimate of drug-likeness (QED) is 0.257. The zero-order valence-electron chi connectivity index (χ0n) is 18.9. The molecule has 186 valence electrons. The molecule has 0 spiro atoms. The molecule has 0 radical (unpaired) electrons. The molecule has 0 bridgehead atoms. The Morgan fingerprint density at radius 2 is 1.91 bits per heavy atom. The number of esters is 2. The van der Waals surface area contributed by atoms with Gasteiger partial charge in [0.15, 0.2) is 6.29 Å². The predicted molar refractivity (Wildman–Crippen MR) is 112 cm³/mol. The van der Waals surface area contributed by atoms with Gasteiger partial charge in [-0.15, -0.1) is 6.58 Å². The molecule has 0 aromatic heterocycles. The zero-order valence-corrected chi connectivity index (χ0v) is 18.9. The Labute approximate surface area is 191 Å². The molecule has 33 heavy (non-hydrogen) atoms. The minimum atomic E-state index is -1.65. The molecule has 11 nitrogen and oxygen atoms in total. The van der Waals surface area contributed by atoms with Crippen molar-refractivity contribution in [2.75, 3.05) is 20.3 Å². The Balaban J connectivity index is 2.21. The van der Waals surface area contributed by atoms with Gasteiger partial charge in [0, 0.05) is 17.9 Å². The maximum absolute atomic E-state index is 12.4. The standard InChI is InChI=1S/C22H32O11/c1-5-12-13(8-16(24)30-7-6-11(2)3)14(20(28)29-4)10-31-21(12)33-22-19(27)18(26)17(25)15(9-23)32-22/h5,10,13,15,17-19,21-23,25-27H,2,6-9H2,1,3-4H3/b12-5+/t13-,15+,17+,18-,19+,21-,22-/m0/s1. The minimum Gasteiger partial charge on any atom is -0.468 e.